The Kier molecular flexibility index (Phi) is 7.12. The maximum atomic E-state index is 13.4. The molecule has 0 bridgehead atoms. The minimum atomic E-state index is -0.383. The maximum absolute atomic E-state index is 13.4. The van der Waals surface area contributed by atoms with Gasteiger partial charge in [0.15, 0.2) is 11.2 Å². The van der Waals surface area contributed by atoms with Crippen molar-refractivity contribution in [3.05, 3.63) is 50.7 Å². The molecular formula is C23H33N5O3. The zero-order chi connectivity index (χ0) is 22.7. The largest absolute Gasteiger partial charge is 0.332 e. The lowest BCUT2D eigenvalue weighted by Crippen LogP contribution is -2.40. The van der Waals surface area contributed by atoms with Gasteiger partial charge in [-0.05, 0) is 30.2 Å². The van der Waals surface area contributed by atoms with Crippen LogP contribution in [0.3, 0.4) is 0 Å². The van der Waals surface area contributed by atoms with Crippen LogP contribution in [0.15, 0.2) is 33.9 Å². The highest BCUT2D eigenvalue weighted by molar-refractivity contribution is 5.78. The van der Waals surface area contributed by atoms with E-state index < -0.39 is 0 Å². The van der Waals surface area contributed by atoms with Gasteiger partial charge in [0.05, 0.1) is 6.61 Å². The van der Waals surface area contributed by atoms with E-state index in [-0.39, 0.29) is 24.4 Å². The van der Waals surface area contributed by atoms with Crippen molar-refractivity contribution < 1.29 is 4.84 Å². The Morgan fingerprint density at radius 2 is 1.77 bits per heavy atom. The molecule has 8 heteroatoms. The van der Waals surface area contributed by atoms with Crippen LogP contribution in [0, 0.1) is 5.92 Å². The van der Waals surface area contributed by atoms with E-state index in [4.69, 9.17) is 10.9 Å². The average molecular weight is 428 g/mol. The molecule has 0 saturated heterocycles. The fraction of sp³-hybridized carbons (Fsp3) is 0.522. The van der Waals surface area contributed by atoms with E-state index in [2.05, 4.69) is 38.6 Å². The first-order valence-electron chi connectivity index (χ1n) is 10.9. The summed E-state index contributed by atoms with van der Waals surface area (Å²) >= 11 is 0. The molecule has 1 aromatic carbocycles. The molecule has 3 aromatic rings. The molecule has 0 amide bonds. The smallest absolute Gasteiger partial charge is 0.318 e. The van der Waals surface area contributed by atoms with Crippen LogP contribution in [0.2, 0.25) is 0 Å². The van der Waals surface area contributed by atoms with Crippen molar-refractivity contribution in [1.82, 2.24) is 18.7 Å². The summed E-state index contributed by atoms with van der Waals surface area (Å²) in [5, 5.41) is 0. The Morgan fingerprint density at radius 3 is 2.42 bits per heavy atom. The number of aryl methyl sites for hydroxylation is 2. The second kappa shape index (κ2) is 9.62. The molecule has 0 saturated carbocycles. The standard InChI is InChI=1S/C23H33N5O3/c1-15(2)11-13-27-19-21(25-20(27)18-10-7-6-9-17(18)16(3)4)26(5)23(30)28(22(19)29)12-8-14-31-24/h6-7,9-10,15-16H,8,11-14,24H2,1-5H3. The number of nitrogens with two attached hydrogens (primary N) is 1. The fourth-order valence-electron chi connectivity index (χ4n) is 3.89. The van der Waals surface area contributed by atoms with Crippen LogP contribution in [-0.4, -0.2) is 25.3 Å². The molecule has 2 aromatic heterocycles. The second-order valence-corrected chi connectivity index (χ2v) is 8.71. The molecule has 2 N–H and O–H groups in total. The van der Waals surface area contributed by atoms with Gasteiger partial charge in [0, 0.05) is 25.7 Å². The van der Waals surface area contributed by atoms with Gasteiger partial charge in [0.2, 0.25) is 0 Å². The molecule has 0 atom stereocenters. The van der Waals surface area contributed by atoms with Gasteiger partial charge in [-0.3, -0.25) is 13.9 Å². The van der Waals surface area contributed by atoms with E-state index in [1.54, 1.807) is 7.05 Å². The lowest BCUT2D eigenvalue weighted by Gasteiger charge is -2.15. The topological polar surface area (TPSA) is 97.1 Å². The van der Waals surface area contributed by atoms with E-state index in [9.17, 15) is 9.59 Å². The third-order valence-corrected chi connectivity index (χ3v) is 5.63. The highest BCUT2D eigenvalue weighted by Crippen LogP contribution is 2.30. The lowest BCUT2D eigenvalue weighted by molar-refractivity contribution is 0.131. The summed E-state index contributed by atoms with van der Waals surface area (Å²) in [5.74, 6) is 6.59. The summed E-state index contributed by atoms with van der Waals surface area (Å²) < 4.78 is 4.72. The van der Waals surface area contributed by atoms with Gasteiger partial charge >= 0.3 is 5.69 Å². The van der Waals surface area contributed by atoms with Crippen LogP contribution in [0.4, 0.5) is 0 Å². The van der Waals surface area contributed by atoms with Crippen LogP contribution in [0.1, 0.15) is 52.0 Å². The van der Waals surface area contributed by atoms with Crippen LogP contribution in [0.5, 0.6) is 0 Å². The van der Waals surface area contributed by atoms with Crippen LogP contribution < -0.4 is 17.1 Å². The molecule has 0 aliphatic carbocycles. The number of hydrogen-bond acceptors (Lipinski definition) is 5. The lowest BCUT2D eigenvalue weighted by atomic mass is 9.97. The Morgan fingerprint density at radius 1 is 1.06 bits per heavy atom. The monoisotopic (exact) mass is 427 g/mol. The fourth-order valence-corrected chi connectivity index (χ4v) is 3.89. The van der Waals surface area contributed by atoms with Gasteiger partial charge in [-0.1, -0.05) is 52.0 Å². The van der Waals surface area contributed by atoms with Crippen molar-refractivity contribution in [1.29, 1.82) is 0 Å². The van der Waals surface area contributed by atoms with Gasteiger partial charge in [0.1, 0.15) is 5.82 Å². The summed E-state index contributed by atoms with van der Waals surface area (Å²) in [4.78, 5) is 35.8. The van der Waals surface area contributed by atoms with Crippen LogP contribution >= 0.6 is 0 Å². The molecule has 0 aliphatic rings. The molecule has 0 spiro atoms. The molecule has 0 fully saturated rings. The van der Waals surface area contributed by atoms with Crippen molar-refractivity contribution in [3.63, 3.8) is 0 Å². The Bertz CT molecular complexity index is 1170. The van der Waals surface area contributed by atoms with Gasteiger partial charge in [-0.25, -0.2) is 15.7 Å². The number of nitrogens with zero attached hydrogens (tertiary/aromatic N) is 4. The number of aromatic nitrogens is 4. The van der Waals surface area contributed by atoms with Crippen molar-refractivity contribution in [2.24, 2.45) is 18.9 Å². The number of fused-ring (bicyclic) bond motifs is 1. The van der Waals surface area contributed by atoms with Crippen LogP contribution in [0.25, 0.3) is 22.6 Å². The van der Waals surface area contributed by atoms with Gasteiger partial charge in [-0.15, -0.1) is 0 Å². The van der Waals surface area contributed by atoms with Gasteiger partial charge in [-0.2, -0.15) is 0 Å². The number of hydrogen-bond donors (Lipinski definition) is 1. The summed E-state index contributed by atoms with van der Waals surface area (Å²) in [6.45, 7) is 9.75. The minimum absolute atomic E-state index is 0.242. The van der Waals surface area contributed by atoms with Gasteiger partial charge < -0.3 is 9.40 Å². The van der Waals surface area contributed by atoms with E-state index in [0.29, 0.717) is 36.0 Å². The molecule has 8 nitrogen and oxygen atoms in total. The second-order valence-electron chi connectivity index (χ2n) is 8.71. The first-order chi connectivity index (χ1) is 14.8. The van der Waals surface area contributed by atoms with Crippen LogP contribution in [-0.2, 0) is 25.0 Å². The molecule has 0 unspecified atom stereocenters. The van der Waals surface area contributed by atoms with E-state index in [1.807, 2.05) is 22.8 Å². The first kappa shape index (κ1) is 23.0. The predicted molar refractivity (Wildman–Crippen MR) is 123 cm³/mol. The Hall–Kier alpha value is -2.71. The van der Waals surface area contributed by atoms with Crippen molar-refractivity contribution >= 4 is 11.2 Å². The Balaban J connectivity index is 2.32. The molecule has 0 radical (unpaired) electrons. The van der Waals surface area contributed by atoms with E-state index in [1.165, 1.54) is 9.13 Å². The molecule has 31 heavy (non-hydrogen) atoms. The third kappa shape index (κ3) is 4.50. The highest BCUT2D eigenvalue weighted by atomic mass is 16.6. The number of imidazole rings is 1. The normalized spacial score (nSPS) is 11.9. The van der Waals surface area contributed by atoms with Crippen molar-refractivity contribution in [2.75, 3.05) is 6.61 Å². The maximum Gasteiger partial charge on any atom is 0.332 e. The molecular weight excluding hydrogens is 394 g/mol. The predicted octanol–water partition coefficient (Wildman–Crippen LogP) is 3.01. The number of benzene rings is 1. The van der Waals surface area contributed by atoms with E-state index in [0.717, 1.165) is 23.4 Å². The Labute approximate surface area is 182 Å². The zero-order valence-corrected chi connectivity index (χ0v) is 19.1. The first-order valence-corrected chi connectivity index (χ1v) is 10.9. The molecule has 2 heterocycles. The molecule has 3 rings (SSSR count). The SMILES string of the molecule is CC(C)CCn1c(-c2ccccc2C(C)C)nc2c1c(=O)n(CCCON)c(=O)n2C. The van der Waals surface area contributed by atoms with E-state index >= 15 is 0 Å². The summed E-state index contributed by atoms with van der Waals surface area (Å²) in [5.41, 5.74) is 2.33. The summed E-state index contributed by atoms with van der Waals surface area (Å²) in [6, 6.07) is 8.13. The number of rotatable bonds is 9. The zero-order valence-electron chi connectivity index (χ0n) is 19.1. The molecule has 168 valence electrons. The van der Waals surface area contributed by atoms with Crippen molar-refractivity contribution in [3.8, 4) is 11.4 Å². The minimum Gasteiger partial charge on any atom is -0.318 e. The summed E-state index contributed by atoms with van der Waals surface area (Å²) in [7, 11) is 1.66. The van der Waals surface area contributed by atoms with Crippen molar-refractivity contribution in [2.45, 2.75) is 59.5 Å². The summed E-state index contributed by atoms with van der Waals surface area (Å²) in [6.07, 6.45) is 1.37. The highest BCUT2D eigenvalue weighted by Gasteiger charge is 2.23. The van der Waals surface area contributed by atoms with Gasteiger partial charge in [0.25, 0.3) is 5.56 Å². The average Bonchev–Trinajstić information content (AvgIpc) is 3.12. The third-order valence-electron chi connectivity index (χ3n) is 5.63. The quantitative estimate of drug-likeness (QED) is 0.418. The molecule has 0 aliphatic heterocycles.